The number of fused-ring (bicyclic) bond motifs is 1. The average molecular weight is 519 g/mol. The van der Waals surface area contributed by atoms with E-state index in [-0.39, 0.29) is 38.5 Å². The molecule has 2 aromatic carbocycles. The number of carbonyl (C=O) groups is 3. The number of carboxylic acid groups (broad SMARTS) is 1. The van der Waals surface area contributed by atoms with Gasteiger partial charge >= 0.3 is 11.9 Å². The number of hydrogen-bond acceptors (Lipinski definition) is 11. The summed E-state index contributed by atoms with van der Waals surface area (Å²) in [5.74, 6) is -2.01. The molecule has 1 aliphatic rings. The Labute approximate surface area is 210 Å². The number of hydrogen-bond donors (Lipinski definition) is 3. The molecular weight excluding hydrogens is 494 g/mol. The normalized spacial score (nSPS) is 12.6. The molecule has 0 aromatic heterocycles. The largest absolute Gasteiger partial charge is 0.486 e. The zero-order valence-electron chi connectivity index (χ0n) is 19.5. The SMILES string of the molecule is O=C(COc1ccc([N+](=O)[O-])cc1)NCCNCC(COc1cccc2c1OCCO2)OC(=O)C(=O)O. The minimum atomic E-state index is -1.74. The molecule has 3 rings (SSSR count). The molecule has 0 bridgehead atoms. The number of para-hydroxylation sites is 1. The third-order valence-electron chi connectivity index (χ3n) is 4.82. The van der Waals surface area contributed by atoms with Crippen LogP contribution in [0.5, 0.6) is 23.0 Å². The van der Waals surface area contributed by atoms with Gasteiger partial charge in [0.2, 0.25) is 5.75 Å². The lowest BCUT2D eigenvalue weighted by molar-refractivity contribution is -0.384. The van der Waals surface area contributed by atoms with Crippen molar-refractivity contribution < 1.29 is 48.1 Å². The number of ether oxygens (including phenoxy) is 5. The fourth-order valence-corrected chi connectivity index (χ4v) is 3.10. The van der Waals surface area contributed by atoms with Crippen LogP contribution in [0.15, 0.2) is 42.5 Å². The molecule has 2 aromatic rings. The third-order valence-corrected chi connectivity index (χ3v) is 4.82. The molecule has 1 atom stereocenters. The highest BCUT2D eigenvalue weighted by Gasteiger charge is 2.23. The summed E-state index contributed by atoms with van der Waals surface area (Å²) in [6, 6.07) is 10.4. The number of nitrogens with one attached hydrogen (secondary N) is 2. The first-order chi connectivity index (χ1) is 17.8. The van der Waals surface area contributed by atoms with Crippen LogP contribution < -0.4 is 29.6 Å². The van der Waals surface area contributed by atoms with Crippen LogP contribution in [0.1, 0.15) is 0 Å². The van der Waals surface area contributed by atoms with Crippen molar-refractivity contribution >= 4 is 23.5 Å². The van der Waals surface area contributed by atoms with Crippen molar-refractivity contribution in [2.24, 2.45) is 0 Å². The zero-order valence-corrected chi connectivity index (χ0v) is 19.5. The van der Waals surface area contributed by atoms with Gasteiger partial charge in [0, 0.05) is 31.8 Å². The standard InChI is InChI=1S/C23H25N3O11/c27-20(14-35-16-6-4-15(5-7-16)26(31)32)25-9-8-24-12-17(37-23(30)22(28)29)13-36-19-3-1-2-18-21(19)34-11-10-33-18/h1-7,17,24H,8-14H2,(H,25,27)(H,28,29). The number of aliphatic carboxylic acids is 1. The molecule has 1 heterocycles. The van der Waals surface area contributed by atoms with Crippen LogP contribution >= 0.6 is 0 Å². The Morgan fingerprint density at radius 2 is 1.81 bits per heavy atom. The second-order valence-electron chi connectivity index (χ2n) is 7.52. The average Bonchev–Trinajstić information content (AvgIpc) is 2.90. The van der Waals surface area contributed by atoms with E-state index >= 15 is 0 Å². The second kappa shape index (κ2) is 13.5. The minimum Gasteiger partial charge on any atom is -0.486 e. The van der Waals surface area contributed by atoms with E-state index in [9.17, 15) is 24.5 Å². The number of carboxylic acids is 1. The van der Waals surface area contributed by atoms with E-state index in [1.165, 1.54) is 24.3 Å². The molecule has 1 unspecified atom stereocenters. The molecule has 14 nitrogen and oxygen atoms in total. The first-order valence-corrected chi connectivity index (χ1v) is 11.1. The maximum Gasteiger partial charge on any atom is 0.417 e. The molecule has 0 saturated carbocycles. The van der Waals surface area contributed by atoms with Gasteiger partial charge in [-0.15, -0.1) is 0 Å². The van der Waals surface area contributed by atoms with Crippen molar-refractivity contribution in [1.82, 2.24) is 10.6 Å². The highest BCUT2D eigenvalue weighted by Crippen LogP contribution is 2.39. The van der Waals surface area contributed by atoms with Crippen molar-refractivity contribution in [3.05, 3.63) is 52.6 Å². The molecule has 0 spiro atoms. The van der Waals surface area contributed by atoms with Gasteiger partial charge < -0.3 is 39.4 Å². The molecule has 0 fully saturated rings. The maximum atomic E-state index is 11.9. The first kappa shape index (κ1) is 27.0. The highest BCUT2D eigenvalue weighted by molar-refractivity contribution is 6.28. The summed E-state index contributed by atoms with van der Waals surface area (Å²) in [5, 5.41) is 25.1. The summed E-state index contributed by atoms with van der Waals surface area (Å²) in [6.07, 6.45) is -0.954. The van der Waals surface area contributed by atoms with Gasteiger partial charge in [-0.1, -0.05) is 6.07 Å². The third kappa shape index (κ3) is 8.54. The number of benzene rings is 2. The zero-order chi connectivity index (χ0) is 26.6. The number of esters is 1. The Bertz CT molecular complexity index is 1110. The van der Waals surface area contributed by atoms with Crippen molar-refractivity contribution in [1.29, 1.82) is 0 Å². The quantitative estimate of drug-likeness (QED) is 0.110. The number of rotatable bonds is 13. The molecule has 0 saturated heterocycles. The monoisotopic (exact) mass is 519 g/mol. The number of nitrogens with zero attached hydrogens (tertiary/aromatic N) is 1. The predicted octanol–water partition coefficient (Wildman–Crippen LogP) is 0.526. The molecule has 37 heavy (non-hydrogen) atoms. The van der Waals surface area contributed by atoms with E-state index in [2.05, 4.69) is 10.6 Å². The van der Waals surface area contributed by atoms with E-state index in [0.29, 0.717) is 36.2 Å². The molecule has 3 N–H and O–H groups in total. The fourth-order valence-electron chi connectivity index (χ4n) is 3.10. The van der Waals surface area contributed by atoms with Gasteiger partial charge in [-0.3, -0.25) is 14.9 Å². The minimum absolute atomic E-state index is 0.0422. The topological polar surface area (TPSA) is 185 Å². The molecule has 1 amide bonds. The Hall–Kier alpha value is -4.59. The Balaban J connectivity index is 1.40. The van der Waals surface area contributed by atoms with Gasteiger partial charge in [-0.2, -0.15) is 0 Å². The summed E-state index contributed by atoms with van der Waals surface area (Å²) in [7, 11) is 0. The van der Waals surface area contributed by atoms with Gasteiger partial charge in [-0.05, 0) is 24.3 Å². The van der Waals surface area contributed by atoms with Crippen molar-refractivity contribution in [3.63, 3.8) is 0 Å². The molecule has 0 radical (unpaired) electrons. The number of carbonyl (C=O) groups excluding carboxylic acids is 2. The smallest absolute Gasteiger partial charge is 0.417 e. The van der Waals surface area contributed by atoms with Crippen molar-refractivity contribution in [3.8, 4) is 23.0 Å². The van der Waals surface area contributed by atoms with Crippen molar-refractivity contribution in [2.45, 2.75) is 6.10 Å². The van der Waals surface area contributed by atoms with Crippen LogP contribution in [0, 0.1) is 10.1 Å². The lowest BCUT2D eigenvalue weighted by atomic mass is 10.2. The van der Waals surface area contributed by atoms with Gasteiger partial charge in [0.25, 0.3) is 11.6 Å². The molecule has 1 aliphatic heterocycles. The van der Waals surface area contributed by atoms with E-state index in [0.717, 1.165) is 0 Å². The Morgan fingerprint density at radius 3 is 2.54 bits per heavy atom. The first-order valence-electron chi connectivity index (χ1n) is 11.1. The lowest BCUT2D eigenvalue weighted by Gasteiger charge is -2.22. The molecule has 0 aliphatic carbocycles. The molecule has 198 valence electrons. The molecular formula is C23H25N3O11. The second-order valence-corrected chi connectivity index (χ2v) is 7.52. The van der Waals surface area contributed by atoms with Gasteiger partial charge in [0.05, 0.1) is 4.92 Å². The summed E-state index contributed by atoms with van der Waals surface area (Å²) in [6.45, 7) is 0.789. The van der Waals surface area contributed by atoms with Gasteiger partial charge in [-0.25, -0.2) is 9.59 Å². The maximum absolute atomic E-state index is 11.9. The van der Waals surface area contributed by atoms with Crippen LogP contribution in [0.3, 0.4) is 0 Å². The highest BCUT2D eigenvalue weighted by atomic mass is 16.6. The Kier molecular flexibility index (Phi) is 9.84. The van der Waals surface area contributed by atoms with Crippen LogP contribution in [0.2, 0.25) is 0 Å². The molecule has 14 heteroatoms. The van der Waals surface area contributed by atoms with E-state index in [1.54, 1.807) is 18.2 Å². The predicted molar refractivity (Wildman–Crippen MR) is 125 cm³/mol. The summed E-state index contributed by atoms with van der Waals surface area (Å²) >= 11 is 0. The summed E-state index contributed by atoms with van der Waals surface area (Å²) < 4.78 is 27.0. The van der Waals surface area contributed by atoms with Crippen molar-refractivity contribution in [2.75, 3.05) is 46.1 Å². The fraction of sp³-hybridized carbons (Fsp3) is 0.348. The number of amides is 1. The van der Waals surface area contributed by atoms with E-state index in [4.69, 9.17) is 28.8 Å². The van der Waals surface area contributed by atoms with E-state index < -0.39 is 28.9 Å². The summed E-state index contributed by atoms with van der Waals surface area (Å²) in [4.78, 5) is 44.5. The number of nitro groups is 1. The number of non-ortho nitro benzene ring substituents is 1. The van der Waals surface area contributed by atoms with Crippen LogP contribution in [0.4, 0.5) is 5.69 Å². The summed E-state index contributed by atoms with van der Waals surface area (Å²) in [5.41, 5.74) is -0.0916. The van der Waals surface area contributed by atoms with Crippen LogP contribution in [-0.2, 0) is 19.1 Å². The van der Waals surface area contributed by atoms with Gasteiger partial charge in [0.1, 0.15) is 31.7 Å². The van der Waals surface area contributed by atoms with E-state index in [1.807, 2.05) is 0 Å². The van der Waals surface area contributed by atoms with Crippen LogP contribution in [0.25, 0.3) is 0 Å². The van der Waals surface area contributed by atoms with Crippen LogP contribution in [-0.4, -0.2) is 80.0 Å². The Morgan fingerprint density at radius 1 is 1.05 bits per heavy atom. The lowest BCUT2D eigenvalue weighted by Crippen LogP contribution is -2.40. The van der Waals surface area contributed by atoms with Gasteiger partial charge in [0.15, 0.2) is 18.1 Å². The number of nitro benzene ring substituents is 1.